The van der Waals surface area contributed by atoms with E-state index in [9.17, 15) is 9.59 Å². The van der Waals surface area contributed by atoms with Gasteiger partial charge in [0, 0.05) is 52.6 Å². The van der Waals surface area contributed by atoms with Crippen molar-refractivity contribution in [2.75, 3.05) is 53.0 Å². The zero-order valence-electron chi connectivity index (χ0n) is 19.5. The number of carbonyl (C=O) groups excluding carboxylic acids is 2. The quantitative estimate of drug-likeness (QED) is 0.450. The number of thiophene rings is 1. The number of nitrogens with one attached hydrogen (secondary N) is 1. The Morgan fingerprint density at radius 2 is 1.88 bits per heavy atom. The van der Waals surface area contributed by atoms with Gasteiger partial charge >= 0.3 is 0 Å². The number of aromatic nitrogens is 2. The van der Waals surface area contributed by atoms with Crippen molar-refractivity contribution in [3.8, 4) is 10.6 Å². The third-order valence-electron chi connectivity index (χ3n) is 5.81. The topological polar surface area (TPSA) is 79.7 Å². The van der Waals surface area contributed by atoms with Gasteiger partial charge in [0.05, 0.1) is 23.5 Å². The first-order valence-electron chi connectivity index (χ1n) is 11.6. The Hall–Kier alpha value is -3.01. The summed E-state index contributed by atoms with van der Waals surface area (Å²) in [5.41, 5.74) is 2.49. The van der Waals surface area contributed by atoms with Crippen molar-refractivity contribution >= 4 is 23.2 Å². The first-order valence-corrected chi connectivity index (χ1v) is 12.4. The highest BCUT2D eigenvalue weighted by Crippen LogP contribution is 2.28. The minimum atomic E-state index is -0.00798. The number of ether oxygens (including phenoxy) is 1. The molecule has 0 saturated carbocycles. The van der Waals surface area contributed by atoms with E-state index in [0.717, 1.165) is 22.6 Å². The Balaban J connectivity index is 1.38. The van der Waals surface area contributed by atoms with E-state index in [1.54, 1.807) is 18.4 Å². The molecule has 0 spiro atoms. The second-order valence-corrected chi connectivity index (χ2v) is 9.26. The van der Waals surface area contributed by atoms with Gasteiger partial charge in [0.2, 0.25) is 5.91 Å². The van der Waals surface area contributed by atoms with Crippen LogP contribution in [0.4, 0.5) is 0 Å². The summed E-state index contributed by atoms with van der Waals surface area (Å²) < 4.78 is 6.85. The summed E-state index contributed by atoms with van der Waals surface area (Å²) in [4.78, 5) is 30.6. The van der Waals surface area contributed by atoms with E-state index in [1.807, 2.05) is 51.5 Å². The molecule has 0 aliphatic carbocycles. The molecule has 1 saturated heterocycles. The smallest absolute Gasteiger partial charge is 0.257 e. The van der Waals surface area contributed by atoms with Gasteiger partial charge in [0.1, 0.15) is 5.69 Å². The fraction of sp³-hybridized carbons (Fsp3) is 0.400. The Morgan fingerprint density at radius 1 is 1.09 bits per heavy atom. The van der Waals surface area contributed by atoms with Crippen LogP contribution in [0.1, 0.15) is 22.3 Å². The van der Waals surface area contributed by atoms with Crippen LogP contribution in [0.3, 0.4) is 0 Å². The minimum absolute atomic E-state index is 0.00798. The largest absolute Gasteiger partial charge is 0.385 e. The van der Waals surface area contributed by atoms with Crippen molar-refractivity contribution in [1.82, 2.24) is 24.9 Å². The summed E-state index contributed by atoms with van der Waals surface area (Å²) >= 11 is 1.58. The van der Waals surface area contributed by atoms with Crippen molar-refractivity contribution < 1.29 is 14.3 Å². The normalized spacial score (nSPS) is 14.3. The molecule has 3 aromatic rings. The van der Waals surface area contributed by atoms with Gasteiger partial charge in [0.15, 0.2) is 0 Å². The van der Waals surface area contributed by atoms with E-state index in [-0.39, 0.29) is 11.8 Å². The number of piperazine rings is 1. The third kappa shape index (κ3) is 6.31. The molecule has 4 rings (SSSR count). The molecule has 1 fully saturated rings. The van der Waals surface area contributed by atoms with Gasteiger partial charge in [0.25, 0.3) is 5.91 Å². The predicted octanol–water partition coefficient (Wildman–Crippen LogP) is 2.57. The number of amides is 2. The van der Waals surface area contributed by atoms with E-state index in [1.165, 1.54) is 0 Å². The molecule has 1 N–H and O–H groups in total. The molecule has 8 nitrogen and oxygen atoms in total. The molecule has 180 valence electrons. The summed E-state index contributed by atoms with van der Waals surface area (Å²) in [6.45, 7) is 4.73. The maximum Gasteiger partial charge on any atom is 0.257 e. The number of nitrogens with zero attached hydrogens (tertiary/aromatic N) is 4. The summed E-state index contributed by atoms with van der Waals surface area (Å²) in [5, 5.41) is 9.69. The van der Waals surface area contributed by atoms with Gasteiger partial charge in [-0.1, -0.05) is 36.4 Å². The molecule has 2 aromatic heterocycles. The SMILES string of the molecule is COCCCNC(=O)CN1CCN(C(=O)c2cn(Cc3ccccc3)nc2-c2cccs2)CC1. The highest BCUT2D eigenvalue weighted by atomic mass is 32.1. The van der Waals surface area contributed by atoms with Crippen LogP contribution in [0.2, 0.25) is 0 Å². The summed E-state index contributed by atoms with van der Waals surface area (Å²) in [5.74, 6) is 0.00410. The summed E-state index contributed by atoms with van der Waals surface area (Å²) in [6, 6.07) is 14.1. The molecular formula is C25H31N5O3S. The van der Waals surface area contributed by atoms with E-state index < -0.39 is 0 Å². The van der Waals surface area contributed by atoms with Crippen LogP contribution in [0.25, 0.3) is 10.6 Å². The molecule has 0 atom stereocenters. The van der Waals surface area contributed by atoms with Crippen LogP contribution in [-0.4, -0.2) is 84.4 Å². The van der Waals surface area contributed by atoms with Crippen molar-refractivity contribution in [1.29, 1.82) is 0 Å². The fourth-order valence-corrected chi connectivity index (χ4v) is 4.73. The Kier molecular flexibility index (Phi) is 8.46. The lowest BCUT2D eigenvalue weighted by Gasteiger charge is -2.34. The standard InChI is InChI=1S/C25H31N5O3S/c1-33-15-6-10-26-23(31)19-28-11-13-29(14-12-28)25(32)21-18-30(17-20-7-3-2-4-8-20)27-24(21)22-9-5-16-34-22/h2-5,7-9,16,18H,6,10-15,17,19H2,1H3,(H,26,31). The number of methoxy groups -OCH3 is 1. The molecule has 0 radical (unpaired) electrons. The van der Waals surface area contributed by atoms with E-state index in [4.69, 9.17) is 9.84 Å². The highest BCUT2D eigenvalue weighted by Gasteiger charge is 2.27. The number of carbonyl (C=O) groups is 2. The molecule has 34 heavy (non-hydrogen) atoms. The first-order chi connectivity index (χ1) is 16.6. The second-order valence-electron chi connectivity index (χ2n) is 8.32. The molecule has 1 aromatic carbocycles. The molecule has 3 heterocycles. The fourth-order valence-electron chi connectivity index (χ4n) is 4.01. The maximum absolute atomic E-state index is 13.5. The Morgan fingerprint density at radius 3 is 2.59 bits per heavy atom. The summed E-state index contributed by atoms with van der Waals surface area (Å²) in [6.07, 6.45) is 2.67. The third-order valence-corrected chi connectivity index (χ3v) is 6.68. The number of hydrogen-bond donors (Lipinski definition) is 1. The lowest BCUT2D eigenvalue weighted by molar-refractivity contribution is -0.122. The van der Waals surface area contributed by atoms with Crippen LogP contribution in [-0.2, 0) is 16.1 Å². The first kappa shape index (κ1) is 24.1. The van der Waals surface area contributed by atoms with Gasteiger partial charge in [-0.25, -0.2) is 0 Å². The molecule has 2 amide bonds. The monoisotopic (exact) mass is 481 g/mol. The lowest BCUT2D eigenvalue weighted by Crippen LogP contribution is -2.51. The van der Waals surface area contributed by atoms with Crippen molar-refractivity contribution in [2.24, 2.45) is 0 Å². The zero-order chi connectivity index (χ0) is 23.8. The average molecular weight is 482 g/mol. The molecule has 0 bridgehead atoms. The van der Waals surface area contributed by atoms with E-state index in [0.29, 0.717) is 58.0 Å². The van der Waals surface area contributed by atoms with Gasteiger partial charge < -0.3 is 15.0 Å². The van der Waals surface area contributed by atoms with Crippen molar-refractivity contribution in [2.45, 2.75) is 13.0 Å². The van der Waals surface area contributed by atoms with Gasteiger partial charge in [-0.2, -0.15) is 5.10 Å². The van der Waals surface area contributed by atoms with Crippen molar-refractivity contribution in [3.63, 3.8) is 0 Å². The highest BCUT2D eigenvalue weighted by molar-refractivity contribution is 7.13. The molecular weight excluding hydrogens is 450 g/mol. The zero-order valence-corrected chi connectivity index (χ0v) is 20.3. The predicted molar refractivity (Wildman–Crippen MR) is 133 cm³/mol. The second kappa shape index (κ2) is 11.9. The van der Waals surface area contributed by atoms with Gasteiger partial charge in [-0.05, 0) is 23.4 Å². The Bertz CT molecular complexity index is 1060. The van der Waals surface area contributed by atoms with Crippen LogP contribution >= 0.6 is 11.3 Å². The van der Waals surface area contributed by atoms with Crippen LogP contribution in [0.15, 0.2) is 54.0 Å². The van der Waals surface area contributed by atoms with Crippen LogP contribution < -0.4 is 5.32 Å². The number of hydrogen-bond acceptors (Lipinski definition) is 6. The lowest BCUT2D eigenvalue weighted by atomic mass is 10.1. The molecule has 1 aliphatic heterocycles. The van der Waals surface area contributed by atoms with E-state index in [2.05, 4.69) is 22.3 Å². The minimum Gasteiger partial charge on any atom is -0.385 e. The molecule has 9 heteroatoms. The van der Waals surface area contributed by atoms with Gasteiger partial charge in [-0.15, -0.1) is 11.3 Å². The molecule has 1 aliphatic rings. The Labute approximate surface area is 204 Å². The van der Waals surface area contributed by atoms with Crippen LogP contribution in [0, 0.1) is 0 Å². The number of benzene rings is 1. The number of rotatable bonds is 10. The molecule has 0 unspecified atom stereocenters. The van der Waals surface area contributed by atoms with E-state index >= 15 is 0 Å². The average Bonchev–Trinajstić information content (AvgIpc) is 3.53. The maximum atomic E-state index is 13.5. The van der Waals surface area contributed by atoms with Gasteiger partial charge in [-0.3, -0.25) is 19.2 Å². The van der Waals surface area contributed by atoms with Crippen LogP contribution in [0.5, 0.6) is 0 Å². The van der Waals surface area contributed by atoms with Crippen molar-refractivity contribution in [3.05, 3.63) is 65.2 Å². The summed E-state index contributed by atoms with van der Waals surface area (Å²) in [7, 11) is 1.65.